The quantitative estimate of drug-likeness (QED) is 0.441. The fourth-order valence-corrected chi connectivity index (χ4v) is 3.22. The van der Waals surface area contributed by atoms with Gasteiger partial charge in [0.15, 0.2) is 5.16 Å². The second-order valence-corrected chi connectivity index (χ2v) is 7.23. The first-order valence-electron chi connectivity index (χ1n) is 8.19. The van der Waals surface area contributed by atoms with Crippen LogP contribution in [0.3, 0.4) is 0 Å². The van der Waals surface area contributed by atoms with Crippen molar-refractivity contribution in [3.05, 3.63) is 66.1 Å². The number of hydrogen-bond donors (Lipinski definition) is 2. The summed E-state index contributed by atoms with van der Waals surface area (Å²) < 4.78 is 52.1. The van der Waals surface area contributed by atoms with Gasteiger partial charge in [-0.05, 0) is 48.9 Å². The Labute approximate surface area is 162 Å². The van der Waals surface area contributed by atoms with Crippen LogP contribution in [-0.2, 0) is 11.0 Å². The highest BCUT2D eigenvalue weighted by Crippen LogP contribution is 2.35. The Morgan fingerprint density at radius 2 is 1.82 bits per heavy atom. The van der Waals surface area contributed by atoms with Crippen LogP contribution in [0.15, 0.2) is 59.9 Å². The molecule has 9 heteroatoms. The van der Waals surface area contributed by atoms with Crippen molar-refractivity contribution in [3.8, 4) is 11.3 Å². The maximum absolute atomic E-state index is 13.0. The minimum atomic E-state index is -4.56. The largest absolute Gasteiger partial charge is 0.418 e. The van der Waals surface area contributed by atoms with Crippen molar-refractivity contribution in [2.24, 2.45) is 0 Å². The predicted molar refractivity (Wildman–Crippen MR) is 99.4 cm³/mol. The summed E-state index contributed by atoms with van der Waals surface area (Å²) in [6.07, 6.45) is -3.02. The first kappa shape index (κ1) is 19.9. The predicted octanol–water partition coefficient (Wildman–Crippen LogP) is 5.35. The summed E-state index contributed by atoms with van der Waals surface area (Å²) in [6.45, 7) is 1.57. The monoisotopic (exact) mass is 409 g/mol. The number of rotatable bonds is 5. The number of benzene rings is 2. The van der Waals surface area contributed by atoms with Gasteiger partial charge in [-0.2, -0.15) is 13.2 Å². The van der Waals surface area contributed by atoms with E-state index in [1.54, 1.807) is 25.3 Å². The van der Waals surface area contributed by atoms with Crippen LogP contribution < -0.4 is 5.32 Å². The molecule has 0 saturated heterocycles. The van der Waals surface area contributed by atoms with Crippen molar-refractivity contribution in [1.29, 1.82) is 0 Å². The molecule has 1 unspecified atom stereocenters. The molecule has 0 saturated carbocycles. The summed E-state index contributed by atoms with van der Waals surface area (Å²) in [5.74, 6) is -0.941. The molecule has 0 spiro atoms. The van der Waals surface area contributed by atoms with E-state index < -0.39 is 22.9 Å². The number of para-hydroxylation sites is 1. The van der Waals surface area contributed by atoms with Gasteiger partial charge in [0.2, 0.25) is 5.91 Å². The van der Waals surface area contributed by atoms with Crippen molar-refractivity contribution in [2.45, 2.75) is 23.5 Å². The zero-order chi connectivity index (χ0) is 20.3. The molecule has 0 aliphatic rings. The molecule has 1 amide bonds. The summed E-state index contributed by atoms with van der Waals surface area (Å²) in [5.41, 5.74) is 0.158. The van der Waals surface area contributed by atoms with Gasteiger partial charge in [0.05, 0.1) is 28.4 Å². The van der Waals surface area contributed by atoms with Gasteiger partial charge >= 0.3 is 6.18 Å². The lowest BCUT2D eigenvalue weighted by atomic mass is 10.1. The van der Waals surface area contributed by atoms with E-state index in [9.17, 15) is 22.4 Å². The maximum Gasteiger partial charge on any atom is 0.418 e. The molecule has 3 aromatic rings. The van der Waals surface area contributed by atoms with Gasteiger partial charge in [0.25, 0.3) is 0 Å². The molecular weight excluding hydrogens is 394 g/mol. The van der Waals surface area contributed by atoms with Crippen LogP contribution >= 0.6 is 11.8 Å². The Morgan fingerprint density at radius 1 is 1.14 bits per heavy atom. The summed E-state index contributed by atoms with van der Waals surface area (Å²) in [4.78, 5) is 19.5. The van der Waals surface area contributed by atoms with Crippen LogP contribution in [0.2, 0.25) is 0 Å². The summed E-state index contributed by atoms with van der Waals surface area (Å²) in [5, 5.41) is 2.04. The number of imidazole rings is 1. The maximum atomic E-state index is 13.0. The minimum Gasteiger partial charge on any atom is -0.333 e. The van der Waals surface area contributed by atoms with Gasteiger partial charge in [-0.3, -0.25) is 4.79 Å². The third-order valence-corrected chi connectivity index (χ3v) is 4.85. The van der Waals surface area contributed by atoms with Gasteiger partial charge in [0.1, 0.15) is 5.82 Å². The molecule has 0 aliphatic carbocycles. The number of halogens is 4. The lowest BCUT2D eigenvalue weighted by Gasteiger charge is -2.15. The average molecular weight is 409 g/mol. The topological polar surface area (TPSA) is 57.8 Å². The number of nitrogens with zero attached hydrogens (tertiary/aromatic N) is 1. The Kier molecular flexibility index (Phi) is 5.73. The van der Waals surface area contributed by atoms with Gasteiger partial charge in [-0.25, -0.2) is 9.37 Å². The number of carbonyl (C=O) groups is 1. The Morgan fingerprint density at radius 3 is 2.50 bits per heavy atom. The van der Waals surface area contributed by atoms with E-state index in [1.165, 1.54) is 30.3 Å². The van der Waals surface area contributed by atoms with Crippen LogP contribution in [0, 0.1) is 5.82 Å². The molecular formula is C19H15F4N3OS. The minimum absolute atomic E-state index is 0.293. The van der Waals surface area contributed by atoms with E-state index in [0.717, 1.165) is 23.4 Å². The molecule has 4 nitrogen and oxygen atoms in total. The molecule has 1 aromatic heterocycles. The van der Waals surface area contributed by atoms with Crippen molar-refractivity contribution in [3.63, 3.8) is 0 Å². The van der Waals surface area contributed by atoms with Gasteiger partial charge in [-0.15, -0.1) is 0 Å². The highest BCUT2D eigenvalue weighted by atomic mass is 32.2. The highest BCUT2D eigenvalue weighted by molar-refractivity contribution is 8.00. The molecule has 0 fully saturated rings. The zero-order valence-electron chi connectivity index (χ0n) is 14.5. The van der Waals surface area contributed by atoms with E-state index >= 15 is 0 Å². The molecule has 1 atom stereocenters. The Hall–Kier alpha value is -2.81. The standard InChI is InChI=1S/C19H15F4N3OS/c1-11(17(27)25-15-5-3-2-4-14(15)19(21,22)23)28-18-24-10-16(26-18)12-6-8-13(20)9-7-12/h2-11H,1H3,(H,24,26)(H,25,27). The van der Waals surface area contributed by atoms with Gasteiger partial charge in [-0.1, -0.05) is 23.9 Å². The SMILES string of the molecule is CC(Sc1ncc(-c2ccc(F)cc2)[nH]1)C(=O)Nc1ccccc1C(F)(F)F. The summed E-state index contributed by atoms with van der Waals surface area (Å²) in [6, 6.07) is 10.6. The number of amides is 1. The molecule has 146 valence electrons. The Bertz CT molecular complexity index is 970. The number of aromatic amines is 1. The number of alkyl halides is 3. The van der Waals surface area contributed by atoms with Crippen LogP contribution in [0.25, 0.3) is 11.3 Å². The van der Waals surface area contributed by atoms with Crippen molar-refractivity contribution in [1.82, 2.24) is 9.97 Å². The van der Waals surface area contributed by atoms with Gasteiger partial charge in [0, 0.05) is 0 Å². The van der Waals surface area contributed by atoms with E-state index in [2.05, 4.69) is 15.3 Å². The first-order chi connectivity index (χ1) is 13.2. The first-order valence-corrected chi connectivity index (χ1v) is 9.06. The molecule has 28 heavy (non-hydrogen) atoms. The van der Waals surface area contributed by atoms with Crippen LogP contribution in [-0.4, -0.2) is 21.1 Å². The number of hydrogen-bond acceptors (Lipinski definition) is 3. The summed E-state index contributed by atoms with van der Waals surface area (Å²) >= 11 is 1.07. The number of H-pyrrole nitrogens is 1. The van der Waals surface area contributed by atoms with Crippen molar-refractivity contribution >= 4 is 23.4 Å². The smallest absolute Gasteiger partial charge is 0.333 e. The van der Waals surface area contributed by atoms with Crippen molar-refractivity contribution in [2.75, 3.05) is 5.32 Å². The fraction of sp³-hybridized carbons (Fsp3) is 0.158. The molecule has 2 N–H and O–H groups in total. The average Bonchev–Trinajstić information content (AvgIpc) is 3.10. The zero-order valence-corrected chi connectivity index (χ0v) is 15.4. The lowest BCUT2D eigenvalue weighted by Crippen LogP contribution is -2.24. The molecule has 2 aromatic carbocycles. The highest BCUT2D eigenvalue weighted by Gasteiger charge is 2.34. The third-order valence-electron chi connectivity index (χ3n) is 3.86. The normalized spacial score (nSPS) is 12.6. The second-order valence-electron chi connectivity index (χ2n) is 5.90. The van der Waals surface area contributed by atoms with Crippen LogP contribution in [0.5, 0.6) is 0 Å². The number of nitrogens with one attached hydrogen (secondary N) is 2. The van der Waals surface area contributed by atoms with E-state index in [0.29, 0.717) is 10.9 Å². The fourth-order valence-electron chi connectivity index (χ4n) is 2.43. The lowest BCUT2D eigenvalue weighted by molar-refractivity contribution is -0.137. The van der Waals surface area contributed by atoms with E-state index in [1.807, 2.05) is 0 Å². The van der Waals surface area contributed by atoms with Crippen LogP contribution in [0.4, 0.5) is 23.2 Å². The van der Waals surface area contributed by atoms with Gasteiger partial charge < -0.3 is 10.3 Å². The molecule has 1 heterocycles. The van der Waals surface area contributed by atoms with Crippen molar-refractivity contribution < 1.29 is 22.4 Å². The summed E-state index contributed by atoms with van der Waals surface area (Å²) in [7, 11) is 0. The van der Waals surface area contributed by atoms with Crippen LogP contribution in [0.1, 0.15) is 12.5 Å². The number of carbonyl (C=O) groups excluding carboxylic acids is 1. The number of thioether (sulfide) groups is 1. The van der Waals surface area contributed by atoms with E-state index in [-0.39, 0.29) is 11.5 Å². The number of aromatic nitrogens is 2. The molecule has 3 rings (SSSR count). The molecule has 0 radical (unpaired) electrons. The number of anilines is 1. The Balaban J connectivity index is 1.68. The third kappa shape index (κ3) is 4.72. The second kappa shape index (κ2) is 8.05. The van der Waals surface area contributed by atoms with E-state index in [4.69, 9.17) is 0 Å². The molecule has 0 bridgehead atoms. The molecule has 0 aliphatic heterocycles.